The van der Waals surface area contributed by atoms with E-state index in [1.54, 1.807) is 6.92 Å². The summed E-state index contributed by atoms with van der Waals surface area (Å²) in [5.41, 5.74) is 0.428. The number of nitrogens with zero attached hydrogens (tertiary/aromatic N) is 3. The molecule has 19 heavy (non-hydrogen) atoms. The summed E-state index contributed by atoms with van der Waals surface area (Å²) in [6.45, 7) is 8.50. The normalized spacial score (nSPS) is 12.2. The maximum atomic E-state index is 11.1. The molecule has 1 unspecified atom stereocenters. The van der Waals surface area contributed by atoms with E-state index in [0.717, 1.165) is 12.2 Å². The number of nitrogens with one attached hydrogen (secondary N) is 1. The van der Waals surface area contributed by atoms with Gasteiger partial charge in [0, 0.05) is 12.3 Å². The van der Waals surface area contributed by atoms with Crippen molar-refractivity contribution in [3.63, 3.8) is 0 Å². The monoisotopic (exact) mass is 284 g/mol. The van der Waals surface area contributed by atoms with Crippen molar-refractivity contribution in [3.05, 3.63) is 15.8 Å². The number of aromatic nitrogens is 2. The molecule has 0 amide bonds. The molecule has 0 fully saturated rings. The lowest BCUT2D eigenvalue weighted by molar-refractivity contribution is -0.389. The number of hydrogen-bond donors (Lipinski definition) is 1. The smallest absolute Gasteiger partial charge is 0.322 e. The highest BCUT2D eigenvalue weighted by molar-refractivity contribution is 7.99. The van der Waals surface area contributed by atoms with Crippen LogP contribution in [0.2, 0.25) is 0 Å². The summed E-state index contributed by atoms with van der Waals surface area (Å²) in [4.78, 5) is 19.1. The SMILES string of the molecule is CCNc1nc(C)c([N+](=O)[O-])c(SCC(C)CC)n1. The average Bonchev–Trinajstić information content (AvgIpc) is 2.35. The molecule has 0 saturated carbocycles. The summed E-state index contributed by atoms with van der Waals surface area (Å²) in [6, 6.07) is 0. The zero-order valence-corrected chi connectivity index (χ0v) is 12.6. The Hall–Kier alpha value is -1.37. The van der Waals surface area contributed by atoms with Crippen molar-refractivity contribution in [1.82, 2.24) is 9.97 Å². The molecule has 0 aliphatic heterocycles. The van der Waals surface area contributed by atoms with Gasteiger partial charge in [-0.05, 0) is 19.8 Å². The lowest BCUT2D eigenvalue weighted by atomic mass is 10.2. The second-order valence-electron chi connectivity index (χ2n) is 4.40. The molecule has 1 heterocycles. The molecule has 0 aliphatic carbocycles. The molecule has 1 atom stereocenters. The second-order valence-corrected chi connectivity index (χ2v) is 5.41. The Morgan fingerprint density at radius 1 is 1.42 bits per heavy atom. The summed E-state index contributed by atoms with van der Waals surface area (Å²) in [5, 5.41) is 14.6. The van der Waals surface area contributed by atoms with Crippen LogP contribution in [-0.4, -0.2) is 27.2 Å². The minimum atomic E-state index is -0.399. The van der Waals surface area contributed by atoms with Crippen LogP contribution in [0.3, 0.4) is 0 Å². The fourth-order valence-corrected chi connectivity index (χ4v) is 2.62. The number of thioether (sulfide) groups is 1. The molecule has 0 spiro atoms. The van der Waals surface area contributed by atoms with Crippen LogP contribution in [0.4, 0.5) is 11.6 Å². The van der Waals surface area contributed by atoms with Crippen molar-refractivity contribution in [1.29, 1.82) is 0 Å². The van der Waals surface area contributed by atoms with Gasteiger partial charge in [-0.15, -0.1) is 0 Å². The van der Waals surface area contributed by atoms with Crippen LogP contribution in [-0.2, 0) is 0 Å². The molecule has 0 radical (unpaired) electrons. The van der Waals surface area contributed by atoms with Gasteiger partial charge >= 0.3 is 5.69 Å². The van der Waals surface area contributed by atoms with Crippen LogP contribution in [0, 0.1) is 23.0 Å². The third-order valence-electron chi connectivity index (χ3n) is 2.75. The quantitative estimate of drug-likeness (QED) is 0.358. The van der Waals surface area contributed by atoms with Crippen molar-refractivity contribution in [3.8, 4) is 0 Å². The first-order valence-electron chi connectivity index (χ1n) is 6.39. The van der Waals surface area contributed by atoms with Crippen LogP contribution in [0.5, 0.6) is 0 Å². The molecule has 106 valence electrons. The van der Waals surface area contributed by atoms with Gasteiger partial charge in [-0.3, -0.25) is 10.1 Å². The number of aryl methyl sites for hydroxylation is 1. The van der Waals surface area contributed by atoms with Gasteiger partial charge in [0.1, 0.15) is 5.69 Å². The van der Waals surface area contributed by atoms with Gasteiger partial charge in [-0.25, -0.2) is 4.98 Å². The average molecular weight is 284 g/mol. The molecule has 6 nitrogen and oxygen atoms in total. The first-order valence-corrected chi connectivity index (χ1v) is 7.37. The van der Waals surface area contributed by atoms with Crippen molar-refractivity contribution >= 4 is 23.4 Å². The van der Waals surface area contributed by atoms with E-state index in [4.69, 9.17) is 0 Å². The molecule has 1 aromatic rings. The van der Waals surface area contributed by atoms with E-state index in [0.29, 0.717) is 29.1 Å². The Morgan fingerprint density at radius 3 is 2.63 bits per heavy atom. The van der Waals surface area contributed by atoms with Crippen LogP contribution < -0.4 is 5.32 Å². The topological polar surface area (TPSA) is 81.0 Å². The van der Waals surface area contributed by atoms with E-state index in [9.17, 15) is 10.1 Å². The minimum Gasteiger partial charge on any atom is -0.354 e. The van der Waals surface area contributed by atoms with Gasteiger partial charge in [0.15, 0.2) is 5.03 Å². The summed E-state index contributed by atoms with van der Waals surface area (Å²) >= 11 is 1.43. The first kappa shape index (κ1) is 15.7. The van der Waals surface area contributed by atoms with Crippen molar-refractivity contribution in [2.75, 3.05) is 17.6 Å². The van der Waals surface area contributed by atoms with Crippen LogP contribution in [0.15, 0.2) is 5.03 Å². The van der Waals surface area contributed by atoms with Crippen LogP contribution in [0.25, 0.3) is 0 Å². The number of anilines is 1. The summed E-state index contributed by atoms with van der Waals surface area (Å²) < 4.78 is 0. The predicted octanol–water partition coefficient (Wildman–Crippen LogP) is 3.26. The van der Waals surface area contributed by atoms with Gasteiger partial charge in [0.25, 0.3) is 0 Å². The molecule has 0 bridgehead atoms. The van der Waals surface area contributed by atoms with E-state index in [2.05, 4.69) is 29.1 Å². The molecule has 0 saturated heterocycles. The second kappa shape index (κ2) is 7.28. The van der Waals surface area contributed by atoms with Gasteiger partial charge in [0.05, 0.1) is 4.92 Å². The van der Waals surface area contributed by atoms with Gasteiger partial charge in [0.2, 0.25) is 5.95 Å². The molecule has 1 rings (SSSR count). The van der Waals surface area contributed by atoms with E-state index < -0.39 is 4.92 Å². The summed E-state index contributed by atoms with van der Waals surface area (Å²) in [5.74, 6) is 1.78. The molecular formula is C12H20N4O2S. The van der Waals surface area contributed by atoms with Gasteiger partial charge in [-0.2, -0.15) is 4.98 Å². The number of nitro groups is 1. The fraction of sp³-hybridized carbons (Fsp3) is 0.667. The predicted molar refractivity (Wildman–Crippen MR) is 77.8 cm³/mol. The Kier molecular flexibility index (Phi) is 6.01. The lowest BCUT2D eigenvalue weighted by Crippen LogP contribution is -2.08. The highest BCUT2D eigenvalue weighted by Crippen LogP contribution is 2.31. The molecule has 1 N–H and O–H groups in total. The maximum absolute atomic E-state index is 11.1. The van der Waals surface area contributed by atoms with Crippen LogP contribution >= 0.6 is 11.8 Å². The minimum absolute atomic E-state index is 0.0231. The third kappa shape index (κ3) is 4.34. The Morgan fingerprint density at radius 2 is 2.11 bits per heavy atom. The van der Waals surface area contributed by atoms with Crippen molar-refractivity contribution in [2.45, 2.75) is 39.1 Å². The zero-order chi connectivity index (χ0) is 14.4. The first-order chi connectivity index (χ1) is 8.99. The largest absolute Gasteiger partial charge is 0.354 e. The van der Waals surface area contributed by atoms with Gasteiger partial charge < -0.3 is 5.32 Å². The number of rotatable bonds is 7. The standard InChI is InChI=1S/C12H20N4O2S/c1-5-8(3)7-19-11-10(16(17)18)9(4)14-12(15-11)13-6-2/h8H,5-7H2,1-4H3,(H,13,14,15). The van der Waals surface area contributed by atoms with E-state index in [1.165, 1.54) is 11.8 Å². The molecule has 0 aromatic carbocycles. The van der Waals surface area contributed by atoms with Crippen molar-refractivity contribution < 1.29 is 4.92 Å². The third-order valence-corrected chi connectivity index (χ3v) is 4.04. The highest BCUT2D eigenvalue weighted by atomic mass is 32.2. The van der Waals surface area contributed by atoms with E-state index >= 15 is 0 Å². The van der Waals surface area contributed by atoms with Crippen LogP contribution in [0.1, 0.15) is 32.9 Å². The Bertz CT molecular complexity index is 454. The zero-order valence-electron chi connectivity index (χ0n) is 11.8. The Balaban J connectivity index is 3.05. The summed E-state index contributed by atoms with van der Waals surface area (Å²) in [6.07, 6.45) is 1.05. The van der Waals surface area contributed by atoms with E-state index in [1.807, 2.05) is 6.92 Å². The maximum Gasteiger partial charge on any atom is 0.322 e. The fourth-order valence-electron chi connectivity index (χ4n) is 1.43. The highest BCUT2D eigenvalue weighted by Gasteiger charge is 2.22. The number of hydrogen-bond acceptors (Lipinski definition) is 6. The molecule has 0 aliphatic rings. The molecular weight excluding hydrogens is 264 g/mol. The summed E-state index contributed by atoms with van der Waals surface area (Å²) in [7, 11) is 0. The van der Waals surface area contributed by atoms with Gasteiger partial charge in [-0.1, -0.05) is 32.0 Å². The molecule has 1 aromatic heterocycles. The Labute approximate surface area is 117 Å². The van der Waals surface area contributed by atoms with Crippen molar-refractivity contribution in [2.24, 2.45) is 5.92 Å². The van der Waals surface area contributed by atoms with E-state index in [-0.39, 0.29) is 5.69 Å². The molecule has 7 heteroatoms. The lowest BCUT2D eigenvalue weighted by Gasteiger charge is -2.10.